The molecule has 0 amide bonds. The van der Waals surface area contributed by atoms with Crippen molar-refractivity contribution in [3.8, 4) is 0 Å². The van der Waals surface area contributed by atoms with Crippen LogP contribution in [0.3, 0.4) is 0 Å². The first kappa shape index (κ1) is 11.2. The zero-order valence-corrected chi connectivity index (χ0v) is 8.35. The summed E-state index contributed by atoms with van der Waals surface area (Å²) in [4.78, 5) is 3.90. The maximum Gasteiger partial charge on any atom is 0.123 e. The van der Waals surface area contributed by atoms with Gasteiger partial charge in [0.2, 0.25) is 0 Å². The molecule has 1 rings (SSSR count). The van der Waals surface area contributed by atoms with Crippen LogP contribution in [-0.2, 0) is 0 Å². The number of anilines is 1. The Labute approximate surface area is 87.3 Å². The molecule has 0 radical (unpaired) electrons. The molecular formula is C9H13ClN2O2. The first-order chi connectivity index (χ1) is 6.65. The largest absolute Gasteiger partial charge is 0.390 e. The Hall–Kier alpha value is -0.840. The van der Waals surface area contributed by atoms with E-state index in [1.165, 1.54) is 0 Å². The van der Waals surface area contributed by atoms with Crippen LogP contribution in [0.25, 0.3) is 0 Å². The monoisotopic (exact) mass is 216 g/mol. The van der Waals surface area contributed by atoms with Gasteiger partial charge in [0.25, 0.3) is 0 Å². The van der Waals surface area contributed by atoms with Gasteiger partial charge in [0.1, 0.15) is 11.9 Å². The second-order valence-electron chi connectivity index (χ2n) is 2.98. The van der Waals surface area contributed by atoms with E-state index in [9.17, 15) is 10.2 Å². The van der Waals surface area contributed by atoms with Gasteiger partial charge >= 0.3 is 0 Å². The highest BCUT2D eigenvalue weighted by atomic mass is 35.5. The molecule has 1 aromatic heterocycles. The average Bonchev–Trinajstić information content (AvgIpc) is 2.17. The van der Waals surface area contributed by atoms with Gasteiger partial charge in [-0.3, -0.25) is 0 Å². The minimum absolute atomic E-state index is 0.292. The number of aliphatic hydroxyl groups is 2. The lowest BCUT2D eigenvalue weighted by molar-refractivity contribution is 0.0145. The molecule has 2 atom stereocenters. The Balaban J connectivity index is 2.73. The molecule has 0 bridgehead atoms. The van der Waals surface area contributed by atoms with Gasteiger partial charge in [-0.25, -0.2) is 4.98 Å². The van der Waals surface area contributed by atoms with Crippen molar-refractivity contribution >= 4 is 17.4 Å². The van der Waals surface area contributed by atoms with Crippen LogP contribution in [-0.4, -0.2) is 27.2 Å². The molecule has 5 heteroatoms. The van der Waals surface area contributed by atoms with Gasteiger partial charge in [-0.15, -0.1) is 11.6 Å². The van der Waals surface area contributed by atoms with Gasteiger partial charge in [0.05, 0.1) is 11.8 Å². The molecule has 0 aliphatic heterocycles. The third-order valence-corrected chi connectivity index (χ3v) is 2.08. The zero-order chi connectivity index (χ0) is 10.6. The highest BCUT2D eigenvalue weighted by Crippen LogP contribution is 2.17. The summed E-state index contributed by atoms with van der Waals surface area (Å²) in [6, 6.07) is 4.90. The van der Waals surface area contributed by atoms with Gasteiger partial charge in [-0.05, 0) is 18.6 Å². The van der Waals surface area contributed by atoms with E-state index in [2.05, 4.69) is 4.98 Å². The molecular weight excluding hydrogens is 204 g/mol. The van der Waals surface area contributed by atoms with Crippen molar-refractivity contribution in [2.45, 2.75) is 18.6 Å². The van der Waals surface area contributed by atoms with E-state index in [4.69, 9.17) is 17.3 Å². The van der Waals surface area contributed by atoms with E-state index in [1.54, 1.807) is 18.2 Å². The van der Waals surface area contributed by atoms with Crippen LogP contribution in [0.2, 0.25) is 0 Å². The summed E-state index contributed by atoms with van der Waals surface area (Å²) in [5.41, 5.74) is 5.80. The van der Waals surface area contributed by atoms with Crippen molar-refractivity contribution in [2.24, 2.45) is 0 Å². The van der Waals surface area contributed by atoms with Gasteiger partial charge in [0, 0.05) is 5.88 Å². The number of halogens is 1. The predicted octanol–water partition coefficient (Wildman–Crippen LogP) is 0.687. The normalized spacial score (nSPS) is 15.1. The van der Waals surface area contributed by atoms with Crippen LogP contribution in [0.1, 0.15) is 18.2 Å². The second kappa shape index (κ2) is 5.14. The van der Waals surface area contributed by atoms with E-state index < -0.39 is 12.2 Å². The Bertz CT molecular complexity index is 296. The topological polar surface area (TPSA) is 79.4 Å². The Morgan fingerprint density at radius 2 is 2.14 bits per heavy atom. The first-order valence-electron chi connectivity index (χ1n) is 4.29. The number of hydrogen-bond donors (Lipinski definition) is 3. The van der Waals surface area contributed by atoms with Crippen LogP contribution < -0.4 is 5.73 Å². The molecule has 78 valence electrons. The third kappa shape index (κ3) is 2.83. The Kier molecular flexibility index (Phi) is 4.13. The maximum absolute atomic E-state index is 9.62. The van der Waals surface area contributed by atoms with E-state index in [0.717, 1.165) is 0 Å². The van der Waals surface area contributed by atoms with Gasteiger partial charge in [-0.1, -0.05) is 6.07 Å². The lowest BCUT2D eigenvalue weighted by Crippen LogP contribution is -2.19. The number of nitrogens with zero attached hydrogens (tertiary/aromatic N) is 1. The van der Waals surface area contributed by atoms with Crippen molar-refractivity contribution in [1.82, 2.24) is 4.98 Å². The number of aromatic nitrogens is 1. The molecule has 0 saturated heterocycles. The van der Waals surface area contributed by atoms with Crippen LogP contribution >= 0.6 is 11.6 Å². The molecule has 0 spiro atoms. The van der Waals surface area contributed by atoms with Gasteiger partial charge in [-0.2, -0.15) is 0 Å². The minimum Gasteiger partial charge on any atom is -0.390 e. The van der Waals surface area contributed by atoms with Crippen LogP contribution in [0.15, 0.2) is 18.2 Å². The summed E-state index contributed by atoms with van der Waals surface area (Å²) >= 11 is 5.44. The second-order valence-corrected chi connectivity index (χ2v) is 3.36. The minimum atomic E-state index is -1.03. The zero-order valence-electron chi connectivity index (χ0n) is 7.60. The molecule has 0 fully saturated rings. The van der Waals surface area contributed by atoms with E-state index in [0.29, 0.717) is 23.8 Å². The molecule has 2 unspecified atom stereocenters. The smallest absolute Gasteiger partial charge is 0.123 e. The molecule has 4 N–H and O–H groups in total. The summed E-state index contributed by atoms with van der Waals surface area (Å²) in [5.74, 6) is 0.611. The molecule has 0 aliphatic rings. The molecule has 0 aliphatic carbocycles. The van der Waals surface area contributed by atoms with E-state index >= 15 is 0 Å². The number of aliphatic hydroxyl groups excluding tert-OH is 2. The van der Waals surface area contributed by atoms with Crippen LogP contribution in [0.4, 0.5) is 5.82 Å². The van der Waals surface area contributed by atoms with Crippen molar-refractivity contribution in [3.05, 3.63) is 23.9 Å². The SMILES string of the molecule is Nc1cccc(C(O)C(O)CCCl)n1. The number of nitrogen functional groups attached to an aromatic ring is 1. The summed E-state index contributed by atoms with van der Waals surface area (Å²) in [7, 11) is 0. The number of pyridine rings is 1. The van der Waals surface area contributed by atoms with Crippen molar-refractivity contribution < 1.29 is 10.2 Å². The quantitative estimate of drug-likeness (QED) is 0.647. The lowest BCUT2D eigenvalue weighted by atomic mass is 10.1. The third-order valence-electron chi connectivity index (χ3n) is 1.86. The molecule has 1 aromatic rings. The standard InChI is InChI=1S/C9H13ClN2O2/c10-5-4-7(13)9(14)6-2-1-3-8(11)12-6/h1-3,7,9,13-14H,4-5H2,(H2,11,12). The number of nitrogens with two attached hydrogens (primary N) is 1. The average molecular weight is 217 g/mol. The Morgan fingerprint density at radius 3 is 2.71 bits per heavy atom. The fourth-order valence-electron chi connectivity index (χ4n) is 1.10. The predicted molar refractivity (Wildman–Crippen MR) is 55.0 cm³/mol. The van der Waals surface area contributed by atoms with Gasteiger partial charge < -0.3 is 15.9 Å². The van der Waals surface area contributed by atoms with E-state index in [-0.39, 0.29) is 0 Å². The molecule has 1 heterocycles. The highest BCUT2D eigenvalue weighted by Gasteiger charge is 2.18. The fraction of sp³-hybridized carbons (Fsp3) is 0.444. The molecule has 0 saturated carbocycles. The maximum atomic E-state index is 9.62. The highest BCUT2D eigenvalue weighted by molar-refractivity contribution is 6.17. The summed E-state index contributed by atoms with van der Waals surface area (Å²) in [5, 5.41) is 19.1. The summed E-state index contributed by atoms with van der Waals surface area (Å²) in [6.45, 7) is 0. The van der Waals surface area contributed by atoms with Crippen molar-refractivity contribution in [3.63, 3.8) is 0 Å². The van der Waals surface area contributed by atoms with E-state index in [1.807, 2.05) is 0 Å². The first-order valence-corrected chi connectivity index (χ1v) is 4.83. The summed E-state index contributed by atoms with van der Waals surface area (Å²) < 4.78 is 0. The van der Waals surface area contributed by atoms with Crippen LogP contribution in [0.5, 0.6) is 0 Å². The van der Waals surface area contributed by atoms with Crippen LogP contribution in [0, 0.1) is 0 Å². The number of rotatable bonds is 4. The van der Waals surface area contributed by atoms with Gasteiger partial charge in [0.15, 0.2) is 0 Å². The van der Waals surface area contributed by atoms with Crippen molar-refractivity contribution in [2.75, 3.05) is 11.6 Å². The van der Waals surface area contributed by atoms with Crippen molar-refractivity contribution in [1.29, 1.82) is 0 Å². The fourth-order valence-corrected chi connectivity index (χ4v) is 1.32. The Morgan fingerprint density at radius 1 is 1.43 bits per heavy atom. The summed E-state index contributed by atoms with van der Waals surface area (Å²) in [6.07, 6.45) is -1.61. The lowest BCUT2D eigenvalue weighted by Gasteiger charge is -2.16. The number of hydrogen-bond acceptors (Lipinski definition) is 4. The molecule has 0 aromatic carbocycles. The molecule has 14 heavy (non-hydrogen) atoms. The molecule has 4 nitrogen and oxygen atoms in total. The number of alkyl halides is 1.